The van der Waals surface area contributed by atoms with Crippen molar-refractivity contribution >= 4 is 29.3 Å². The minimum atomic E-state index is -0.585. The van der Waals surface area contributed by atoms with Crippen molar-refractivity contribution in [1.29, 1.82) is 0 Å². The van der Waals surface area contributed by atoms with Gasteiger partial charge in [-0.1, -0.05) is 65.8 Å². The third-order valence-corrected chi connectivity index (χ3v) is 6.09. The van der Waals surface area contributed by atoms with E-state index in [4.69, 9.17) is 16.3 Å². The molecule has 174 valence electrons. The molecule has 1 amide bonds. The van der Waals surface area contributed by atoms with Crippen LogP contribution in [0.25, 0.3) is 5.69 Å². The van der Waals surface area contributed by atoms with Gasteiger partial charge >= 0.3 is 0 Å². The number of benzene rings is 3. The molecule has 3 aromatic carbocycles. The predicted octanol–water partition coefficient (Wildman–Crippen LogP) is 5.61. The van der Waals surface area contributed by atoms with Crippen LogP contribution >= 0.6 is 23.4 Å². The van der Waals surface area contributed by atoms with Crippen LogP contribution in [0, 0.1) is 5.82 Å². The normalized spacial score (nSPS) is 11.7. The number of aromatic nitrogens is 3. The van der Waals surface area contributed by atoms with E-state index in [2.05, 4.69) is 15.5 Å². The second-order valence-electron chi connectivity index (χ2n) is 7.39. The van der Waals surface area contributed by atoms with Crippen molar-refractivity contribution in [3.63, 3.8) is 0 Å². The number of carbonyl (C=O) groups excluding carboxylic acids is 1. The van der Waals surface area contributed by atoms with Crippen LogP contribution < -0.4 is 10.1 Å². The SMILES string of the molecule is CC(Oc1ccccc1F)c1nnc(SCC(=O)NCc2ccc(Cl)cc2)n1-c1ccccc1. The van der Waals surface area contributed by atoms with Gasteiger partial charge in [0, 0.05) is 17.3 Å². The van der Waals surface area contributed by atoms with E-state index in [9.17, 15) is 9.18 Å². The molecule has 0 aliphatic carbocycles. The summed E-state index contributed by atoms with van der Waals surface area (Å²) < 4.78 is 21.7. The Hall–Kier alpha value is -3.36. The summed E-state index contributed by atoms with van der Waals surface area (Å²) in [5.41, 5.74) is 1.77. The van der Waals surface area contributed by atoms with Gasteiger partial charge in [-0.3, -0.25) is 9.36 Å². The molecule has 34 heavy (non-hydrogen) atoms. The van der Waals surface area contributed by atoms with E-state index in [0.29, 0.717) is 22.5 Å². The van der Waals surface area contributed by atoms with Gasteiger partial charge < -0.3 is 10.1 Å². The Kier molecular flexibility index (Phi) is 7.82. The Morgan fingerprint density at radius 2 is 1.76 bits per heavy atom. The van der Waals surface area contributed by atoms with Crippen LogP contribution in [0.3, 0.4) is 0 Å². The van der Waals surface area contributed by atoms with Crippen LogP contribution in [0.1, 0.15) is 24.4 Å². The molecule has 0 aliphatic heterocycles. The molecule has 0 bridgehead atoms. The van der Waals surface area contributed by atoms with Crippen LogP contribution in [0.4, 0.5) is 4.39 Å². The van der Waals surface area contributed by atoms with E-state index in [1.54, 1.807) is 37.3 Å². The van der Waals surface area contributed by atoms with Crippen molar-refractivity contribution in [2.45, 2.75) is 24.7 Å². The quantitative estimate of drug-likeness (QED) is 0.305. The fourth-order valence-electron chi connectivity index (χ4n) is 3.23. The first kappa shape index (κ1) is 23.8. The third-order valence-electron chi connectivity index (χ3n) is 4.91. The van der Waals surface area contributed by atoms with E-state index in [-0.39, 0.29) is 17.4 Å². The number of rotatable bonds is 9. The molecule has 4 aromatic rings. The highest BCUT2D eigenvalue weighted by atomic mass is 35.5. The van der Waals surface area contributed by atoms with E-state index in [1.807, 2.05) is 47.0 Å². The van der Waals surface area contributed by atoms with Gasteiger partial charge in [0.25, 0.3) is 0 Å². The molecule has 1 N–H and O–H groups in total. The maximum absolute atomic E-state index is 14.1. The average molecular weight is 497 g/mol. The monoisotopic (exact) mass is 496 g/mol. The van der Waals surface area contributed by atoms with Crippen molar-refractivity contribution in [2.75, 3.05) is 5.75 Å². The maximum atomic E-state index is 14.1. The lowest BCUT2D eigenvalue weighted by Gasteiger charge is -2.17. The molecule has 6 nitrogen and oxygen atoms in total. The van der Waals surface area contributed by atoms with Gasteiger partial charge in [-0.15, -0.1) is 10.2 Å². The lowest BCUT2D eigenvalue weighted by Crippen LogP contribution is -2.24. The van der Waals surface area contributed by atoms with Crippen molar-refractivity contribution in [3.05, 3.63) is 101 Å². The first-order valence-corrected chi connectivity index (χ1v) is 11.9. The minimum absolute atomic E-state index is 0.133. The second kappa shape index (κ2) is 11.2. The van der Waals surface area contributed by atoms with E-state index in [1.165, 1.54) is 17.8 Å². The van der Waals surface area contributed by atoms with E-state index in [0.717, 1.165) is 11.3 Å². The number of thioether (sulfide) groups is 1. The summed E-state index contributed by atoms with van der Waals surface area (Å²) in [7, 11) is 0. The first-order chi connectivity index (χ1) is 16.5. The number of nitrogens with zero attached hydrogens (tertiary/aromatic N) is 3. The summed E-state index contributed by atoms with van der Waals surface area (Å²) in [4.78, 5) is 12.4. The van der Waals surface area contributed by atoms with Crippen molar-refractivity contribution in [2.24, 2.45) is 0 Å². The molecule has 1 aromatic heterocycles. The zero-order valence-electron chi connectivity index (χ0n) is 18.3. The van der Waals surface area contributed by atoms with Gasteiger partial charge in [0.1, 0.15) is 0 Å². The average Bonchev–Trinajstić information content (AvgIpc) is 3.28. The maximum Gasteiger partial charge on any atom is 0.230 e. The Balaban J connectivity index is 1.48. The topological polar surface area (TPSA) is 69.0 Å². The molecule has 0 saturated heterocycles. The Labute approximate surface area is 206 Å². The number of carbonyl (C=O) groups is 1. The highest BCUT2D eigenvalue weighted by Gasteiger charge is 2.22. The Bertz CT molecular complexity index is 1250. The first-order valence-electron chi connectivity index (χ1n) is 10.6. The third kappa shape index (κ3) is 5.95. The van der Waals surface area contributed by atoms with Gasteiger partial charge in [0.2, 0.25) is 5.91 Å². The van der Waals surface area contributed by atoms with Gasteiger partial charge in [-0.2, -0.15) is 0 Å². The van der Waals surface area contributed by atoms with Gasteiger partial charge in [0.15, 0.2) is 28.7 Å². The van der Waals surface area contributed by atoms with Crippen molar-refractivity contribution < 1.29 is 13.9 Å². The lowest BCUT2D eigenvalue weighted by atomic mass is 10.2. The van der Waals surface area contributed by atoms with Crippen molar-refractivity contribution in [3.8, 4) is 11.4 Å². The Morgan fingerprint density at radius 1 is 1.06 bits per heavy atom. The van der Waals surface area contributed by atoms with Gasteiger partial charge in [-0.05, 0) is 48.9 Å². The van der Waals surface area contributed by atoms with Crippen LogP contribution in [0.5, 0.6) is 5.75 Å². The summed E-state index contributed by atoms with van der Waals surface area (Å²) in [5, 5.41) is 12.7. The lowest BCUT2D eigenvalue weighted by molar-refractivity contribution is -0.118. The molecule has 0 aliphatic rings. The number of nitrogens with one attached hydrogen (secondary N) is 1. The van der Waals surface area contributed by atoms with Crippen molar-refractivity contribution in [1.82, 2.24) is 20.1 Å². The molecule has 0 saturated carbocycles. The van der Waals surface area contributed by atoms with Gasteiger partial charge in [0.05, 0.1) is 5.75 Å². The van der Waals surface area contributed by atoms with Crippen LogP contribution in [0.15, 0.2) is 84.0 Å². The number of ether oxygens (including phenoxy) is 1. The predicted molar refractivity (Wildman–Crippen MR) is 131 cm³/mol. The molecule has 0 fully saturated rings. The van der Waals surface area contributed by atoms with Crippen LogP contribution in [-0.4, -0.2) is 26.4 Å². The molecular formula is C25H22ClFN4O2S. The van der Waals surface area contributed by atoms with Gasteiger partial charge in [-0.25, -0.2) is 4.39 Å². The molecule has 1 heterocycles. The smallest absolute Gasteiger partial charge is 0.230 e. The summed E-state index contributed by atoms with van der Waals surface area (Å²) in [5.74, 6) is 0.194. The summed E-state index contributed by atoms with van der Waals surface area (Å²) in [6.45, 7) is 2.18. The summed E-state index contributed by atoms with van der Waals surface area (Å²) in [6.07, 6.45) is -0.585. The molecule has 4 rings (SSSR count). The molecule has 1 atom stereocenters. The Morgan fingerprint density at radius 3 is 2.50 bits per heavy atom. The standard InChI is InChI=1S/C25H22ClFN4O2S/c1-17(33-22-10-6-5-9-21(22)27)24-29-30-25(31(24)20-7-3-2-4-8-20)34-16-23(32)28-15-18-11-13-19(26)14-12-18/h2-14,17H,15-16H2,1H3,(H,28,32). The fourth-order valence-corrected chi connectivity index (χ4v) is 4.14. The summed E-state index contributed by atoms with van der Waals surface area (Å²) >= 11 is 7.16. The zero-order valence-corrected chi connectivity index (χ0v) is 19.9. The zero-order chi connectivity index (χ0) is 23.9. The highest BCUT2D eigenvalue weighted by molar-refractivity contribution is 7.99. The minimum Gasteiger partial charge on any atom is -0.480 e. The number of hydrogen-bond donors (Lipinski definition) is 1. The van der Waals surface area contributed by atoms with Crippen LogP contribution in [-0.2, 0) is 11.3 Å². The van der Waals surface area contributed by atoms with E-state index >= 15 is 0 Å². The molecule has 1 unspecified atom stereocenters. The number of hydrogen-bond acceptors (Lipinski definition) is 5. The molecule has 9 heteroatoms. The highest BCUT2D eigenvalue weighted by Crippen LogP contribution is 2.28. The molecule has 0 radical (unpaired) electrons. The van der Waals surface area contributed by atoms with Crippen LogP contribution in [0.2, 0.25) is 5.02 Å². The largest absolute Gasteiger partial charge is 0.480 e. The second-order valence-corrected chi connectivity index (χ2v) is 8.77. The molecular weight excluding hydrogens is 475 g/mol. The number of amides is 1. The number of halogens is 2. The summed E-state index contributed by atoms with van der Waals surface area (Å²) in [6, 6.07) is 23.0. The van der Waals surface area contributed by atoms with E-state index < -0.39 is 11.9 Å². The molecule has 0 spiro atoms. The number of para-hydroxylation sites is 2. The fraction of sp³-hybridized carbons (Fsp3) is 0.160.